The average molecular weight is 307 g/mol. The zero-order valence-corrected chi connectivity index (χ0v) is 13.6. The standard InChI is InChI=1S/C18H27NO3/c1-18(2,3)22-17(21)19-11-9-14(10-12-20)13-16(19)15-7-5-4-6-8-15/h4-8,14,16,20H,9-13H2,1-3H3/t14-,16-/m0/s1/i12D2. The Bertz CT molecular complexity index is 552. The Kier molecular flexibility index (Phi) is 4.57. The van der Waals surface area contributed by atoms with Crippen LogP contribution in [0.2, 0.25) is 0 Å². The Morgan fingerprint density at radius 2 is 2.09 bits per heavy atom. The first-order valence-electron chi connectivity index (χ1n) is 8.82. The Balaban J connectivity index is 2.19. The Morgan fingerprint density at radius 1 is 1.41 bits per heavy atom. The van der Waals surface area contributed by atoms with Gasteiger partial charge in [-0.2, -0.15) is 0 Å². The van der Waals surface area contributed by atoms with Gasteiger partial charge in [0.2, 0.25) is 0 Å². The molecule has 0 bridgehead atoms. The highest BCUT2D eigenvalue weighted by Gasteiger charge is 2.34. The summed E-state index contributed by atoms with van der Waals surface area (Å²) in [5.74, 6) is 0.0221. The zero-order chi connectivity index (χ0) is 18.0. The highest BCUT2D eigenvalue weighted by molar-refractivity contribution is 5.69. The highest BCUT2D eigenvalue weighted by atomic mass is 16.6. The van der Waals surface area contributed by atoms with Crippen LogP contribution in [0.25, 0.3) is 0 Å². The number of rotatable bonds is 3. The summed E-state index contributed by atoms with van der Waals surface area (Å²) in [6.07, 6.45) is 1.01. The summed E-state index contributed by atoms with van der Waals surface area (Å²) in [6, 6.07) is 9.56. The Hall–Kier alpha value is -1.55. The number of hydrogen-bond acceptors (Lipinski definition) is 3. The van der Waals surface area contributed by atoms with Crippen LogP contribution in [0.15, 0.2) is 30.3 Å². The first-order chi connectivity index (χ1) is 11.1. The van der Waals surface area contributed by atoms with E-state index in [9.17, 15) is 9.90 Å². The van der Waals surface area contributed by atoms with Gasteiger partial charge >= 0.3 is 6.09 Å². The van der Waals surface area contributed by atoms with Crippen molar-refractivity contribution in [1.29, 1.82) is 0 Å². The van der Waals surface area contributed by atoms with Crippen molar-refractivity contribution in [3.63, 3.8) is 0 Å². The molecule has 2 atom stereocenters. The number of ether oxygens (including phenoxy) is 1. The fourth-order valence-corrected chi connectivity index (χ4v) is 2.88. The van der Waals surface area contributed by atoms with Crippen molar-refractivity contribution in [2.75, 3.05) is 13.1 Å². The predicted octanol–water partition coefficient (Wildman–Crippen LogP) is 3.76. The minimum atomic E-state index is -2.18. The molecule has 0 unspecified atom stereocenters. The van der Waals surface area contributed by atoms with Gasteiger partial charge in [0.25, 0.3) is 0 Å². The average Bonchev–Trinajstić information content (AvgIpc) is 2.44. The quantitative estimate of drug-likeness (QED) is 0.925. The van der Waals surface area contributed by atoms with E-state index in [1.54, 1.807) is 4.90 Å². The molecule has 0 saturated carbocycles. The third-order valence-electron chi connectivity index (χ3n) is 3.90. The molecule has 2 rings (SSSR count). The topological polar surface area (TPSA) is 49.8 Å². The summed E-state index contributed by atoms with van der Waals surface area (Å²) in [4.78, 5) is 14.3. The minimum absolute atomic E-state index is 0.0221. The van der Waals surface area contributed by atoms with Gasteiger partial charge in [-0.15, -0.1) is 0 Å². The van der Waals surface area contributed by atoms with Crippen molar-refractivity contribution in [1.82, 2.24) is 4.90 Å². The maximum Gasteiger partial charge on any atom is 0.410 e. The summed E-state index contributed by atoms with van der Waals surface area (Å²) in [5, 5.41) is 9.48. The molecule has 0 aromatic heterocycles. The molecular weight excluding hydrogens is 278 g/mol. The maximum atomic E-state index is 12.6. The second-order valence-electron chi connectivity index (χ2n) is 6.85. The molecule has 1 aliphatic heterocycles. The van der Waals surface area contributed by atoms with Crippen LogP contribution < -0.4 is 0 Å². The van der Waals surface area contributed by atoms with E-state index in [4.69, 9.17) is 7.48 Å². The van der Waals surface area contributed by atoms with Crippen molar-refractivity contribution in [2.45, 2.75) is 51.7 Å². The van der Waals surface area contributed by atoms with Gasteiger partial charge < -0.3 is 14.7 Å². The fourth-order valence-electron chi connectivity index (χ4n) is 2.88. The lowest BCUT2D eigenvalue weighted by atomic mass is 9.85. The van der Waals surface area contributed by atoms with E-state index in [2.05, 4.69) is 0 Å². The predicted molar refractivity (Wildman–Crippen MR) is 86.5 cm³/mol. The number of aliphatic hydroxyl groups is 1. The van der Waals surface area contributed by atoms with E-state index >= 15 is 0 Å². The van der Waals surface area contributed by atoms with E-state index in [1.807, 2.05) is 51.1 Å². The van der Waals surface area contributed by atoms with Crippen molar-refractivity contribution in [3.8, 4) is 0 Å². The van der Waals surface area contributed by atoms with Gasteiger partial charge in [-0.05, 0) is 51.5 Å². The lowest BCUT2D eigenvalue weighted by Gasteiger charge is -2.40. The summed E-state index contributed by atoms with van der Waals surface area (Å²) < 4.78 is 20.3. The SMILES string of the molecule is [2H]C([2H])(O)C[C@@H]1CCN(C(=O)OC(C)(C)C)[C@H](c2ccccc2)C1. The zero-order valence-electron chi connectivity index (χ0n) is 15.6. The molecule has 1 N–H and O–H groups in total. The number of benzene rings is 1. The van der Waals surface area contributed by atoms with Gasteiger partial charge in [0.15, 0.2) is 0 Å². The fraction of sp³-hybridized carbons (Fsp3) is 0.611. The van der Waals surface area contributed by atoms with Gasteiger partial charge in [-0.3, -0.25) is 0 Å². The van der Waals surface area contributed by atoms with Crippen LogP contribution in [-0.2, 0) is 4.74 Å². The molecule has 0 radical (unpaired) electrons. The smallest absolute Gasteiger partial charge is 0.410 e. The van der Waals surface area contributed by atoms with E-state index in [0.29, 0.717) is 19.4 Å². The first-order valence-corrected chi connectivity index (χ1v) is 7.82. The molecule has 0 aliphatic carbocycles. The molecule has 1 heterocycles. The normalized spacial score (nSPS) is 24.5. The van der Waals surface area contributed by atoms with Crippen LogP contribution in [0.5, 0.6) is 0 Å². The third kappa shape index (κ3) is 4.47. The molecule has 4 nitrogen and oxygen atoms in total. The molecule has 1 aromatic rings. The van der Waals surface area contributed by atoms with E-state index in [-0.39, 0.29) is 24.5 Å². The number of amides is 1. The summed E-state index contributed by atoms with van der Waals surface area (Å²) >= 11 is 0. The highest BCUT2D eigenvalue weighted by Crippen LogP contribution is 2.36. The summed E-state index contributed by atoms with van der Waals surface area (Å²) in [6.45, 7) is 3.84. The van der Waals surface area contributed by atoms with Gasteiger partial charge in [-0.1, -0.05) is 30.3 Å². The molecule has 22 heavy (non-hydrogen) atoms. The largest absolute Gasteiger partial charge is 0.444 e. The lowest BCUT2D eigenvalue weighted by molar-refractivity contribution is 0.00289. The van der Waals surface area contributed by atoms with Crippen LogP contribution in [0.4, 0.5) is 4.79 Å². The maximum absolute atomic E-state index is 12.6. The number of carbonyl (C=O) groups is 1. The molecular formula is C18H27NO3. The van der Waals surface area contributed by atoms with Crippen LogP contribution in [0, 0.1) is 5.92 Å². The second kappa shape index (κ2) is 7.14. The van der Waals surface area contributed by atoms with Crippen LogP contribution in [-0.4, -0.2) is 34.8 Å². The van der Waals surface area contributed by atoms with Crippen LogP contribution >= 0.6 is 0 Å². The van der Waals surface area contributed by atoms with Gasteiger partial charge in [-0.25, -0.2) is 4.79 Å². The number of likely N-dealkylation sites (tertiary alicyclic amines) is 1. The first kappa shape index (κ1) is 14.1. The molecule has 1 aromatic carbocycles. The van der Waals surface area contributed by atoms with Crippen molar-refractivity contribution in [2.24, 2.45) is 5.92 Å². The number of hydrogen-bond donors (Lipinski definition) is 1. The Morgan fingerprint density at radius 3 is 2.68 bits per heavy atom. The van der Waals surface area contributed by atoms with Crippen LogP contribution in [0.1, 0.15) is 54.4 Å². The summed E-state index contributed by atoms with van der Waals surface area (Å²) in [5.41, 5.74) is 0.448. The van der Waals surface area contributed by atoms with Crippen molar-refractivity contribution >= 4 is 6.09 Å². The van der Waals surface area contributed by atoms with Crippen molar-refractivity contribution in [3.05, 3.63) is 35.9 Å². The molecule has 122 valence electrons. The van der Waals surface area contributed by atoms with Gasteiger partial charge in [0.1, 0.15) is 5.60 Å². The molecule has 4 heteroatoms. The number of nitrogens with zero attached hydrogens (tertiary/aromatic N) is 1. The lowest BCUT2D eigenvalue weighted by Crippen LogP contribution is -2.43. The second-order valence-corrected chi connectivity index (χ2v) is 6.85. The van der Waals surface area contributed by atoms with E-state index in [0.717, 1.165) is 5.56 Å². The van der Waals surface area contributed by atoms with Crippen LogP contribution in [0.3, 0.4) is 0 Å². The Labute approximate surface area is 135 Å². The van der Waals surface area contributed by atoms with Gasteiger partial charge in [0, 0.05) is 13.1 Å². The minimum Gasteiger partial charge on any atom is -0.444 e. The van der Waals surface area contributed by atoms with Crippen molar-refractivity contribution < 1.29 is 17.4 Å². The van der Waals surface area contributed by atoms with E-state index in [1.165, 1.54) is 0 Å². The molecule has 1 fully saturated rings. The molecule has 1 saturated heterocycles. The van der Waals surface area contributed by atoms with E-state index < -0.39 is 12.2 Å². The third-order valence-corrected chi connectivity index (χ3v) is 3.90. The summed E-state index contributed by atoms with van der Waals surface area (Å²) in [7, 11) is 0. The monoisotopic (exact) mass is 307 g/mol. The molecule has 1 amide bonds. The molecule has 1 aliphatic rings. The molecule has 0 spiro atoms. The number of piperidine rings is 1. The number of carbonyl (C=O) groups excluding carboxylic acids is 1. The van der Waals surface area contributed by atoms with Gasteiger partial charge in [0.05, 0.1) is 8.78 Å².